The fraction of sp³-hybridized carbons (Fsp3) is 0.714. The molecule has 29 heavy (non-hydrogen) atoms. The summed E-state index contributed by atoms with van der Waals surface area (Å²) in [6.07, 6.45) is 4.65. The van der Waals surface area contributed by atoms with Crippen LogP contribution in [0.15, 0.2) is 6.33 Å². The number of carbonyl (C=O) groups is 2. The van der Waals surface area contributed by atoms with Gasteiger partial charge in [0.2, 0.25) is 5.91 Å². The smallest absolute Gasteiger partial charge is 0.251 e. The van der Waals surface area contributed by atoms with E-state index in [0.29, 0.717) is 19.7 Å². The predicted octanol–water partition coefficient (Wildman–Crippen LogP) is 1.16. The van der Waals surface area contributed by atoms with Gasteiger partial charge in [-0.25, -0.2) is 9.97 Å². The summed E-state index contributed by atoms with van der Waals surface area (Å²) in [5, 5.41) is 0. The summed E-state index contributed by atoms with van der Waals surface area (Å²) in [7, 11) is 0. The number of piperidine rings is 1. The molecule has 0 aromatic carbocycles. The van der Waals surface area contributed by atoms with Crippen LogP contribution in [0.25, 0.3) is 0 Å². The lowest BCUT2D eigenvalue weighted by atomic mass is 9.94. The number of nitrogens with zero attached hydrogens (tertiary/aromatic N) is 5. The Bertz CT molecular complexity index is 749. The van der Waals surface area contributed by atoms with E-state index >= 15 is 0 Å². The minimum atomic E-state index is -0.260. The highest BCUT2D eigenvalue weighted by Gasteiger charge is 2.35. The average molecular weight is 402 g/mol. The van der Waals surface area contributed by atoms with Crippen LogP contribution in [0, 0.1) is 19.8 Å². The highest BCUT2D eigenvalue weighted by atomic mass is 16.5. The number of hydrogen-bond acceptors (Lipinski definition) is 6. The highest BCUT2D eigenvalue weighted by molar-refractivity contribution is 5.82. The molecule has 0 saturated carbocycles. The van der Waals surface area contributed by atoms with Gasteiger partial charge in [0.05, 0.1) is 0 Å². The van der Waals surface area contributed by atoms with Crippen molar-refractivity contribution in [3.63, 3.8) is 0 Å². The zero-order valence-electron chi connectivity index (χ0n) is 17.5. The molecule has 0 bridgehead atoms. The first-order chi connectivity index (χ1) is 14.0. The Kier molecular flexibility index (Phi) is 5.99. The zero-order valence-corrected chi connectivity index (χ0v) is 17.5. The Labute approximate surface area is 172 Å². The first-order valence-electron chi connectivity index (χ1n) is 10.8. The Balaban J connectivity index is 1.27. The Morgan fingerprint density at radius 3 is 2.28 bits per heavy atom. The van der Waals surface area contributed by atoms with Crippen LogP contribution in [0.4, 0.5) is 5.82 Å². The maximum atomic E-state index is 13.0. The topological polar surface area (TPSA) is 78.9 Å². The van der Waals surface area contributed by atoms with Crippen LogP contribution in [0.5, 0.6) is 0 Å². The predicted molar refractivity (Wildman–Crippen MR) is 109 cm³/mol. The molecular formula is C21H31N5O3. The molecule has 3 aliphatic rings. The van der Waals surface area contributed by atoms with E-state index in [1.807, 2.05) is 23.6 Å². The monoisotopic (exact) mass is 401 g/mol. The maximum absolute atomic E-state index is 13.0. The van der Waals surface area contributed by atoms with E-state index in [4.69, 9.17) is 4.74 Å². The van der Waals surface area contributed by atoms with E-state index in [9.17, 15) is 9.59 Å². The van der Waals surface area contributed by atoms with Gasteiger partial charge in [-0.15, -0.1) is 0 Å². The Morgan fingerprint density at radius 2 is 1.62 bits per heavy atom. The SMILES string of the molecule is Cc1ncnc(N2CCN(C(=O)C3CCN(C(=O)[C@H]4CCCO4)CC3)CC2)c1C. The summed E-state index contributed by atoms with van der Waals surface area (Å²) < 4.78 is 5.52. The van der Waals surface area contributed by atoms with Crippen LogP contribution in [0.2, 0.25) is 0 Å². The molecule has 8 heteroatoms. The third-order valence-corrected chi connectivity index (χ3v) is 6.56. The second-order valence-corrected chi connectivity index (χ2v) is 8.32. The lowest BCUT2D eigenvalue weighted by Crippen LogP contribution is -2.52. The van der Waals surface area contributed by atoms with Gasteiger partial charge < -0.3 is 19.4 Å². The number of anilines is 1. The number of rotatable bonds is 3. The first-order valence-corrected chi connectivity index (χ1v) is 10.8. The molecule has 0 spiro atoms. The molecule has 3 fully saturated rings. The second kappa shape index (κ2) is 8.65. The quantitative estimate of drug-likeness (QED) is 0.756. The Morgan fingerprint density at radius 1 is 0.931 bits per heavy atom. The molecule has 158 valence electrons. The summed E-state index contributed by atoms with van der Waals surface area (Å²) in [6.45, 7) is 9.07. The zero-order chi connectivity index (χ0) is 20.4. The van der Waals surface area contributed by atoms with Crippen molar-refractivity contribution in [1.29, 1.82) is 0 Å². The minimum Gasteiger partial charge on any atom is -0.368 e. The molecule has 3 aliphatic heterocycles. The molecule has 1 aromatic heterocycles. The number of likely N-dealkylation sites (tertiary alicyclic amines) is 1. The molecule has 1 atom stereocenters. The van der Waals surface area contributed by atoms with Crippen molar-refractivity contribution in [3.8, 4) is 0 Å². The highest BCUT2D eigenvalue weighted by Crippen LogP contribution is 2.25. The maximum Gasteiger partial charge on any atom is 0.251 e. The van der Waals surface area contributed by atoms with Crippen molar-refractivity contribution >= 4 is 17.6 Å². The second-order valence-electron chi connectivity index (χ2n) is 8.32. The lowest BCUT2D eigenvalue weighted by Gasteiger charge is -2.39. The van der Waals surface area contributed by atoms with Crippen LogP contribution in [0.3, 0.4) is 0 Å². The van der Waals surface area contributed by atoms with Gasteiger partial charge in [0.1, 0.15) is 18.2 Å². The first kappa shape index (κ1) is 20.1. The molecule has 0 aliphatic carbocycles. The van der Waals surface area contributed by atoms with Crippen molar-refractivity contribution in [2.24, 2.45) is 5.92 Å². The molecule has 1 aromatic rings. The molecule has 4 rings (SSSR count). The number of amides is 2. The van der Waals surface area contributed by atoms with Crippen LogP contribution < -0.4 is 4.90 Å². The number of hydrogen-bond donors (Lipinski definition) is 0. The largest absolute Gasteiger partial charge is 0.368 e. The average Bonchev–Trinajstić information content (AvgIpc) is 3.30. The van der Waals surface area contributed by atoms with Crippen molar-refractivity contribution < 1.29 is 14.3 Å². The van der Waals surface area contributed by atoms with Gasteiger partial charge in [-0.2, -0.15) is 0 Å². The molecule has 0 unspecified atom stereocenters. The van der Waals surface area contributed by atoms with E-state index in [1.54, 1.807) is 6.33 Å². The van der Waals surface area contributed by atoms with Crippen LogP contribution in [0.1, 0.15) is 36.9 Å². The molecular weight excluding hydrogens is 370 g/mol. The van der Waals surface area contributed by atoms with Gasteiger partial charge >= 0.3 is 0 Å². The lowest BCUT2D eigenvalue weighted by molar-refractivity contribution is -0.146. The van der Waals surface area contributed by atoms with Crippen molar-refractivity contribution in [2.45, 2.75) is 45.6 Å². The number of carbonyl (C=O) groups excluding carboxylic acids is 2. The van der Waals surface area contributed by atoms with Gasteiger partial charge in [0.25, 0.3) is 5.91 Å². The van der Waals surface area contributed by atoms with Gasteiger partial charge in [-0.1, -0.05) is 0 Å². The van der Waals surface area contributed by atoms with E-state index in [0.717, 1.165) is 68.9 Å². The van der Waals surface area contributed by atoms with Gasteiger partial charge in [-0.05, 0) is 39.5 Å². The molecule has 8 nitrogen and oxygen atoms in total. The van der Waals surface area contributed by atoms with Crippen molar-refractivity contribution in [2.75, 3.05) is 50.8 Å². The van der Waals surface area contributed by atoms with Crippen LogP contribution in [-0.2, 0) is 14.3 Å². The summed E-state index contributed by atoms with van der Waals surface area (Å²) in [6, 6.07) is 0. The Hall–Kier alpha value is -2.22. The molecule has 0 N–H and O–H groups in total. The summed E-state index contributed by atoms with van der Waals surface area (Å²) in [5.74, 6) is 1.35. The summed E-state index contributed by atoms with van der Waals surface area (Å²) in [4.78, 5) is 40.3. The molecule has 4 heterocycles. The summed E-state index contributed by atoms with van der Waals surface area (Å²) >= 11 is 0. The van der Waals surface area contributed by atoms with Gasteiger partial charge in [0, 0.05) is 63.1 Å². The number of piperazine rings is 1. The van der Waals surface area contributed by atoms with Gasteiger partial charge in [0.15, 0.2) is 0 Å². The standard InChI is InChI=1S/C21H31N5O3/c1-15-16(2)22-14-23-19(15)24-9-11-26(12-10-24)20(27)17-5-7-25(8-6-17)21(28)18-4-3-13-29-18/h14,17-18H,3-13H2,1-2H3/t18-/m1/s1. The van der Waals surface area contributed by atoms with E-state index in [-0.39, 0.29) is 23.8 Å². The van der Waals surface area contributed by atoms with Crippen LogP contribution in [-0.4, -0.2) is 83.6 Å². The van der Waals surface area contributed by atoms with Crippen molar-refractivity contribution in [3.05, 3.63) is 17.6 Å². The number of ether oxygens (including phenoxy) is 1. The fourth-order valence-electron chi connectivity index (χ4n) is 4.56. The third kappa shape index (κ3) is 4.22. The van der Waals surface area contributed by atoms with E-state index in [2.05, 4.69) is 14.9 Å². The number of aryl methyl sites for hydroxylation is 1. The minimum absolute atomic E-state index is 0.0260. The summed E-state index contributed by atoms with van der Waals surface area (Å²) in [5.41, 5.74) is 2.10. The van der Waals surface area contributed by atoms with Gasteiger partial charge in [-0.3, -0.25) is 9.59 Å². The normalized spacial score (nSPS) is 23.5. The van der Waals surface area contributed by atoms with Crippen LogP contribution >= 0.6 is 0 Å². The fourth-order valence-corrected chi connectivity index (χ4v) is 4.56. The van der Waals surface area contributed by atoms with E-state index < -0.39 is 0 Å². The molecule has 2 amide bonds. The molecule has 3 saturated heterocycles. The van der Waals surface area contributed by atoms with E-state index in [1.165, 1.54) is 0 Å². The van der Waals surface area contributed by atoms with Crippen molar-refractivity contribution in [1.82, 2.24) is 19.8 Å². The third-order valence-electron chi connectivity index (χ3n) is 6.56. The number of aromatic nitrogens is 2. The molecule has 0 radical (unpaired) electrons.